The van der Waals surface area contributed by atoms with Gasteiger partial charge in [-0.15, -0.1) is 0 Å². The van der Waals surface area contributed by atoms with Crippen molar-refractivity contribution in [1.29, 1.82) is 0 Å². The Hall–Kier alpha value is -2.63. The van der Waals surface area contributed by atoms with Crippen LogP contribution in [0.1, 0.15) is 37.7 Å². The first kappa shape index (κ1) is 17.2. The van der Waals surface area contributed by atoms with E-state index in [2.05, 4.69) is 0 Å². The highest BCUT2D eigenvalue weighted by molar-refractivity contribution is 5.96. The maximum absolute atomic E-state index is 12.3. The summed E-state index contributed by atoms with van der Waals surface area (Å²) in [5.74, 6) is -1.07. The van der Waals surface area contributed by atoms with Crippen molar-refractivity contribution in [2.75, 3.05) is 18.0 Å². The molecule has 0 aliphatic carbocycles. The van der Waals surface area contributed by atoms with Crippen LogP contribution in [0, 0.1) is 0 Å². The molecule has 2 aliphatic rings. The van der Waals surface area contributed by atoms with Crippen molar-refractivity contribution in [3.8, 4) is 0 Å². The van der Waals surface area contributed by atoms with Crippen molar-refractivity contribution in [3.63, 3.8) is 0 Å². The van der Waals surface area contributed by atoms with E-state index in [1.54, 1.807) is 11.0 Å². The van der Waals surface area contributed by atoms with Gasteiger partial charge in [-0.3, -0.25) is 9.59 Å². The maximum Gasteiger partial charge on any atom is 0.326 e. The average Bonchev–Trinajstić information content (AvgIpc) is 3.06. The van der Waals surface area contributed by atoms with Crippen LogP contribution in [-0.4, -0.2) is 46.9 Å². The molecule has 1 aromatic rings. The van der Waals surface area contributed by atoms with Crippen LogP contribution in [0.2, 0.25) is 0 Å². The van der Waals surface area contributed by atoms with Crippen LogP contribution in [0.5, 0.6) is 0 Å². The van der Waals surface area contributed by atoms with Gasteiger partial charge in [-0.1, -0.05) is 12.1 Å². The lowest BCUT2D eigenvalue weighted by atomic mass is 10.0. The van der Waals surface area contributed by atoms with E-state index < -0.39 is 12.0 Å². The third-order valence-corrected chi connectivity index (χ3v) is 4.77. The number of carboxylic acids is 1. The Morgan fingerprint density at radius 3 is 2.48 bits per heavy atom. The lowest BCUT2D eigenvalue weighted by Gasteiger charge is -2.32. The van der Waals surface area contributed by atoms with Gasteiger partial charge in [0, 0.05) is 31.3 Å². The average molecular weight is 342 g/mol. The molecule has 2 amide bonds. The predicted octanol–water partition coefficient (Wildman–Crippen LogP) is 2.29. The molecule has 1 N–H and O–H groups in total. The van der Waals surface area contributed by atoms with Crippen molar-refractivity contribution in [3.05, 3.63) is 35.9 Å². The number of likely N-dealkylation sites (tertiary alicyclic amines) is 1. The van der Waals surface area contributed by atoms with Gasteiger partial charge in [-0.2, -0.15) is 0 Å². The van der Waals surface area contributed by atoms with Gasteiger partial charge in [0.1, 0.15) is 6.04 Å². The number of benzene rings is 1. The molecule has 6 heteroatoms. The summed E-state index contributed by atoms with van der Waals surface area (Å²) in [7, 11) is 0. The maximum atomic E-state index is 12.3. The Morgan fingerprint density at radius 2 is 1.84 bits per heavy atom. The standard InChI is InChI=1S/C19H22N2O4/c22-17-5-3-13-20(17)15-9-6-14(7-10-15)8-11-18(23)21-12-2-1-4-16(21)19(24)25/h6-11,16H,1-5,12-13H2,(H,24,25)/b11-8+. The number of carboxylic acid groups (broad SMARTS) is 1. The van der Waals surface area contributed by atoms with Gasteiger partial charge < -0.3 is 14.9 Å². The third-order valence-electron chi connectivity index (χ3n) is 4.77. The first-order chi connectivity index (χ1) is 12.1. The summed E-state index contributed by atoms with van der Waals surface area (Å²) in [4.78, 5) is 38.6. The fourth-order valence-corrected chi connectivity index (χ4v) is 3.40. The Morgan fingerprint density at radius 1 is 1.08 bits per heavy atom. The quantitative estimate of drug-likeness (QED) is 0.852. The smallest absolute Gasteiger partial charge is 0.326 e. The number of carbonyl (C=O) groups excluding carboxylic acids is 2. The molecule has 132 valence electrons. The molecule has 1 atom stereocenters. The second-order valence-electron chi connectivity index (χ2n) is 6.46. The van der Waals surface area contributed by atoms with Crippen molar-refractivity contribution >= 4 is 29.5 Å². The van der Waals surface area contributed by atoms with Crippen LogP contribution < -0.4 is 4.90 Å². The van der Waals surface area contributed by atoms with E-state index in [0.29, 0.717) is 19.4 Å². The van der Waals surface area contributed by atoms with E-state index in [0.717, 1.165) is 37.1 Å². The number of aliphatic carboxylic acids is 1. The van der Waals surface area contributed by atoms with Crippen molar-refractivity contribution in [1.82, 2.24) is 4.90 Å². The Kier molecular flexibility index (Phi) is 5.16. The number of amides is 2. The minimum atomic E-state index is -0.943. The Bertz CT molecular complexity index is 696. The summed E-state index contributed by atoms with van der Waals surface area (Å²) in [6.07, 6.45) is 6.77. The molecule has 25 heavy (non-hydrogen) atoms. The van der Waals surface area contributed by atoms with Gasteiger partial charge in [0.2, 0.25) is 11.8 Å². The van der Waals surface area contributed by atoms with Crippen molar-refractivity contribution < 1.29 is 19.5 Å². The van der Waals surface area contributed by atoms with Crippen LogP contribution in [0.4, 0.5) is 5.69 Å². The summed E-state index contributed by atoms with van der Waals surface area (Å²) >= 11 is 0. The molecule has 2 aliphatic heterocycles. The topological polar surface area (TPSA) is 77.9 Å². The van der Waals surface area contributed by atoms with Crippen molar-refractivity contribution in [2.45, 2.75) is 38.1 Å². The number of anilines is 1. The number of piperidine rings is 1. The SMILES string of the molecule is O=C(O)C1CCCCN1C(=O)/C=C/c1ccc(N2CCCC2=O)cc1. The number of hydrogen-bond acceptors (Lipinski definition) is 3. The van der Waals surface area contributed by atoms with Gasteiger partial charge in [0.15, 0.2) is 0 Å². The lowest BCUT2D eigenvalue weighted by Crippen LogP contribution is -2.47. The molecule has 1 aromatic carbocycles. The summed E-state index contributed by atoms with van der Waals surface area (Å²) in [6, 6.07) is 6.72. The van der Waals surface area contributed by atoms with Crippen LogP contribution in [0.15, 0.2) is 30.3 Å². The number of nitrogens with zero attached hydrogens (tertiary/aromatic N) is 2. The van der Waals surface area contributed by atoms with Gasteiger partial charge in [0.25, 0.3) is 0 Å². The second-order valence-corrected chi connectivity index (χ2v) is 6.46. The molecule has 6 nitrogen and oxygen atoms in total. The zero-order chi connectivity index (χ0) is 17.8. The molecule has 0 radical (unpaired) electrons. The van der Waals surface area contributed by atoms with Gasteiger partial charge in [-0.05, 0) is 49.5 Å². The van der Waals surface area contributed by atoms with E-state index in [1.807, 2.05) is 24.3 Å². The minimum Gasteiger partial charge on any atom is -0.480 e. The number of carbonyl (C=O) groups is 3. The largest absolute Gasteiger partial charge is 0.480 e. The van der Waals surface area contributed by atoms with E-state index >= 15 is 0 Å². The molecular formula is C19H22N2O4. The van der Waals surface area contributed by atoms with Gasteiger partial charge >= 0.3 is 5.97 Å². The Labute approximate surface area is 146 Å². The third kappa shape index (κ3) is 3.90. The zero-order valence-corrected chi connectivity index (χ0v) is 14.1. The first-order valence-electron chi connectivity index (χ1n) is 8.68. The molecule has 3 rings (SSSR count). The molecule has 1 unspecified atom stereocenters. The fraction of sp³-hybridized carbons (Fsp3) is 0.421. The molecule has 0 aromatic heterocycles. The second kappa shape index (κ2) is 7.51. The molecule has 2 saturated heterocycles. The van der Waals surface area contributed by atoms with E-state index in [-0.39, 0.29) is 11.8 Å². The highest BCUT2D eigenvalue weighted by Gasteiger charge is 2.30. The fourth-order valence-electron chi connectivity index (χ4n) is 3.40. The zero-order valence-electron chi connectivity index (χ0n) is 14.1. The summed E-state index contributed by atoms with van der Waals surface area (Å²) in [5, 5.41) is 9.25. The molecule has 2 heterocycles. The molecule has 0 bridgehead atoms. The van der Waals surface area contributed by atoms with Crippen LogP contribution in [0.25, 0.3) is 6.08 Å². The minimum absolute atomic E-state index is 0.142. The van der Waals surface area contributed by atoms with E-state index in [4.69, 9.17) is 0 Å². The predicted molar refractivity (Wildman–Crippen MR) is 94.1 cm³/mol. The molecule has 0 spiro atoms. The summed E-state index contributed by atoms with van der Waals surface area (Å²) in [6.45, 7) is 1.23. The number of rotatable bonds is 4. The van der Waals surface area contributed by atoms with Crippen LogP contribution >= 0.6 is 0 Å². The van der Waals surface area contributed by atoms with Crippen molar-refractivity contribution in [2.24, 2.45) is 0 Å². The normalized spacial score (nSPS) is 21.1. The number of hydrogen-bond donors (Lipinski definition) is 1. The molecular weight excluding hydrogens is 320 g/mol. The first-order valence-corrected chi connectivity index (χ1v) is 8.68. The Balaban J connectivity index is 1.65. The monoisotopic (exact) mass is 342 g/mol. The van der Waals surface area contributed by atoms with Crippen LogP contribution in [-0.2, 0) is 14.4 Å². The van der Waals surface area contributed by atoms with Gasteiger partial charge in [0.05, 0.1) is 0 Å². The molecule has 0 saturated carbocycles. The molecule has 2 fully saturated rings. The lowest BCUT2D eigenvalue weighted by molar-refractivity contribution is -0.150. The highest BCUT2D eigenvalue weighted by Crippen LogP contribution is 2.22. The van der Waals surface area contributed by atoms with Gasteiger partial charge in [-0.25, -0.2) is 4.79 Å². The summed E-state index contributed by atoms with van der Waals surface area (Å²) < 4.78 is 0. The highest BCUT2D eigenvalue weighted by atomic mass is 16.4. The van der Waals surface area contributed by atoms with E-state index in [9.17, 15) is 19.5 Å². The van der Waals surface area contributed by atoms with Crippen LogP contribution in [0.3, 0.4) is 0 Å². The summed E-state index contributed by atoms with van der Waals surface area (Å²) in [5.41, 5.74) is 1.71. The van der Waals surface area contributed by atoms with E-state index in [1.165, 1.54) is 11.0 Å².